The second kappa shape index (κ2) is 5.21. The van der Waals surface area contributed by atoms with Gasteiger partial charge in [0, 0.05) is 22.3 Å². The maximum Gasteiger partial charge on any atom is 0.166 e. The highest BCUT2D eigenvalue weighted by atomic mass is 35.5. The van der Waals surface area contributed by atoms with Crippen molar-refractivity contribution >= 4 is 17.3 Å². The van der Waals surface area contributed by atoms with Crippen LogP contribution in [0.5, 0.6) is 0 Å². The Morgan fingerprint density at radius 3 is 2.74 bits per heavy atom. The maximum atomic E-state index is 6.05. The number of nitrogens with two attached hydrogens (primary N) is 1. The van der Waals surface area contributed by atoms with E-state index in [4.69, 9.17) is 17.3 Å². The summed E-state index contributed by atoms with van der Waals surface area (Å²) in [6.07, 6.45) is 8.09. The molecule has 1 saturated carbocycles. The van der Waals surface area contributed by atoms with Gasteiger partial charge in [0.2, 0.25) is 0 Å². The van der Waals surface area contributed by atoms with Crippen LogP contribution in [0.25, 0.3) is 11.4 Å². The van der Waals surface area contributed by atoms with Gasteiger partial charge in [-0.3, -0.25) is 0 Å². The Labute approximate surface area is 117 Å². The van der Waals surface area contributed by atoms with Crippen molar-refractivity contribution in [2.24, 2.45) is 0 Å². The summed E-state index contributed by atoms with van der Waals surface area (Å²) in [5.41, 5.74) is 7.61. The molecule has 19 heavy (non-hydrogen) atoms. The van der Waals surface area contributed by atoms with Crippen molar-refractivity contribution in [3.8, 4) is 11.4 Å². The van der Waals surface area contributed by atoms with Crippen LogP contribution in [-0.4, -0.2) is 14.8 Å². The van der Waals surface area contributed by atoms with E-state index in [2.05, 4.69) is 14.8 Å². The Hall–Kier alpha value is -1.55. The number of halogens is 1. The van der Waals surface area contributed by atoms with Gasteiger partial charge in [-0.2, -0.15) is 0 Å². The van der Waals surface area contributed by atoms with E-state index in [9.17, 15) is 0 Å². The van der Waals surface area contributed by atoms with Crippen LogP contribution in [0.1, 0.15) is 38.1 Å². The first-order valence-corrected chi connectivity index (χ1v) is 7.08. The van der Waals surface area contributed by atoms with E-state index in [-0.39, 0.29) is 0 Å². The number of hydrogen-bond acceptors (Lipinski definition) is 3. The SMILES string of the molecule is Nc1cc(Cl)ccc1-c1nncn1C1CCCCC1. The molecule has 1 aromatic heterocycles. The van der Waals surface area contributed by atoms with Crippen molar-refractivity contribution in [1.82, 2.24) is 14.8 Å². The van der Waals surface area contributed by atoms with Crippen molar-refractivity contribution in [3.05, 3.63) is 29.5 Å². The minimum atomic E-state index is 0.494. The molecule has 0 aliphatic heterocycles. The summed E-state index contributed by atoms with van der Waals surface area (Å²) in [6, 6.07) is 6.01. The number of nitrogen functional groups attached to an aromatic ring is 1. The fourth-order valence-corrected chi connectivity index (χ4v) is 2.98. The fraction of sp³-hybridized carbons (Fsp3) is 0.429. The van der Waals surface area contributed by atoms with Gasteiger partial charge in [0.05, 0.1) is 0 Å². The van der Waals surface area contributed by atoms with Crippen LogP contribution in [0.15, 0.2) is 24.5 Å². The van der Waals surface area contributed by atoms with Crippen molar-refractivity contribution < 1.29 is 0 Å². The Morgan fingerprint density at radius 2 is 2.00 bits per heavy atom. The van der Waals surface area contributed by atoms with Gasteiger partial charge in [0.25, 0.3) is 0 Å². The first kappa shape index (κ1) is 12.5. The fourth-order valence-electron chi connectivity index (χ4n) is 2.80. The van der Waals surface area contributed by atoms with Gasteiger partial charge in [-0.15, -0.1) is 10.2 Å². The molecule has 1 aliphatic rings. The molecule has 1 fully saturated rings. The van der Waals surface area contributed by atoms with Crippen LogP contribution in [0, 0.1) is 0 Å². The number of rotatable bonds is 2. The normalized spacial score (nSPS) is 16.7. The lowest BCUT2D eigenvalue weighted by molar-refractivity contribution is 0.355. The molecule has 0 atom stereocenters. The molecule has 0 radical (unpaired) electrons. The summed E-state index contributed by atoms with van der Waals surface area (Å²) in [6.45, 7) is 0. The molecule has 2 aromatic rings. The monoisotopic (exact) mass is 276 g/mol. The predicted molar refractivity (Wildman–Crippen MR) is 77.0 cm³/mol. The Bertz CT molecular complexity index is 573. The third-order valence-electron chi connectivity index (χ3n) is 3.80. The van der Waals surface area contributed by atoms with Crippen LogP contribution >= 0.6 is 11.6 Å². The zero-order valence-electron chi connectivity index (χ0n) is 10.7. The van der Waals surface area contributed by atoms with Crippen LogP contribution < -0.4 is 5.73 Å². The standard InChI is InChI=1S/C14H17ClN4/c15-10-6-7-12(13(16)8-10)14-18-17-9-19(14)11-4-2-1-3-5-11/h6-9,11H,1-5,16H2. The van der Waals surface area contributed by atoms with Crippen molar-refractivity contribution in [2.45, 2.75) is 38.1 Å². The summed E-state index contributed by atoms with van der Waals surface area (Å²) < 4.78 is 2.17. The zero-order valence-corrected chi connectivity index (χ0v) is 11.5. The molecule has 0 saturated heterocycles. The predicted octanol–water partition coefficient (Wildman–Crippen LogP) is 3.69. The van der Waals surface area contributed by atoms with Gasteiger partial charge in [0.15, 0.2) is 5.82 Å². The number of hydrogen-bond donors (Lipinski definition) is 1. The van der Waals surface area contributed by atoms with E-state index in [1.54, 1.807) is 6.07 Å². The van der Waals surface area contributed by atoms with E-state index >= 15 is 0 Å². The molecule has 3 rings (SSSR count). The van der Waals surface area contributed by atoms with Crippen LogP contribution in [0.4, 0.5) is 5.69 Å². The van der Waals surface area contributed by atoms with Crippen LogP contribution in [0.2, 0.25) is 5.02 Å². The molecule has 1 aromatic carbocycles. The quantitative estimate of drug-likeness (QED) is 0.851. The summed E-state index contributed by atoms with van der Waals surface area (Å²) >= 11 is 5.94. The van der Waals surface area contributed by atoms with Crippen molar-refractivity contribution in [1.29, 1.82) is 0 Å². The number of aromatic nitrogens is 3. The molecule has 1 heterocycles. The summed E-state index contributed by atoms with van der Waals surface area (Å²) in [5.74, 6) is 0.848. The molecular weight excluding hydrogens is 260 g/mol. The Kier molecular flexibility index (Phi) is 3.42. The first-order valence-electron chi connectivity index (χ1n) is 6.70. The lowest BCUT2D eigenvalue weighted by Crippen LogP contribution is -2.13. The summed E-state index contributed by atoms with van der Waals surface area (Å²) in [4.78, 5) is 0. The minimum absolute atomic E-state index is 0.494. The lowest BCUT2D eigenvalue weighted by Gasteiger charge is -2.24. The molecule has 0 spiro atoms. The molecule has 5 heteroatoms. The van der Waals surface area contributed by atoms with Crippen LogP contribution in [-0.2, 0) is 0 Å². The van der Waals surface area contributed by atoms with E-state index in [0.29, 0.717) is 16.8 Å². The molecular formula is C14H17ClN4. The van der Waals surface area contributed by atoms with E-state index in [1.807, 2.05) is 18.5 Å². The smallest absolute Gasteiger partial charge is 0.166 e. The Morgan fingerprint density at radius 1 is 1.21 bits per heavy atom. The number of benzene rings is 1. The molecule has 4 nitrogen and oxygen atoms in total. The summed E-state index contributed by atoms with van der Waals surface area (Å²) in [7, 11) is 0. The van der Waals surface area contributed by atoms with Gasteiger partial charge >= 0.3 is 0 Å². The van der Waals surface area contributed by atoms with Gasteiger partial charge in [0.1, 0.15) is 6.33 Å². The lowest BCUT2D eigenvalue weighted by atomic mass is 9.95. The highest BCUT2D eigenvalue weighted by Crippen LogP contribution is 2.33. The molecule has 2 N–H and O–H groups in total. The molecule has 100 valence electrons. The topological polar surface area (TPSA) is 56.7 Å². The largest absolute Gasteiger partial charge is 0.398 e. The molecule has 0 bridgehead atoms. The van der Waals surface area contributed by atoms with Crippen LogP contribution in [0.3, 0.4) is 0 Å². The highest BCUT2D eigenvalue weighted by Gasteiger charge is 2.20. The second-order valence-corrected chi connectivity index (χ2v) is 5.52. The zero-order chi connectivity index (χ0) is 13.2. The van der Waals surface area contributed by atoms with Gasteiger partial charge < -0.3 is 10.3 Å². The minimum Gasteiger partial charge on any atom is -0.398 e. The van der Waals surface area contributed by atoms with Gasteiger partial charge in [-0.25, -0.2) is 0 Å². The third-order valence-corrected chi connectivity index (χ3v) is 4.03. The molecule has 0 unspecified atom stereocenters. The second-order valence-electron chi connectivity index (χ2n) is 5.09. The Balaban J connectivity index is 1.99. The van der Waals surface area contributed by atoms with E-state index in [0.717, 1.165) is 11.4 Å². The highest BCUT2D eigenvalue weighted by molar-refractivity contribution is 6.31. The van der Waals surface area contributed by atoms with E-state index < -0.39 is 0 Å². The number of anilines is 1. The average Bonchev–Trinajstić information content (AvgIpc) is 2.89. The molecule has 1 aliphatic carbocycles. The van der Waals surface area contributed by atoms with Crippen molar-refractivity contribution in [3.63, 3.8) is 0 Å². The van der Waals surface area contributed by atoms with Gasteiger partial charge in [-0.1, -0.05) is 30.9 Å². The molecule has 0 amide bonds. The third kappa shape index (κ3) is 2.45. The van der Waals surface area contributed by atoms with Gasteiger partial charge in [-0.05, 0) is 31.0 Å². The maximum absolute atomic E-state index is 6.05. The van der Waals surface area contributed by atoms with Crippen molar-refractivity contribution in [2.75, 3.05) is 5.73 Å². The number of nitrogens with zero attached hydrogens (tertiary/aromatic N) is 3. The average molecular weight is 277 g/mol. The first-order chi connectivity index (χ1) is 9.25. The van der Waals surface area contributed by atoms with E-state index in [1.165, 1.54) is 32.1 Å². The summed E-state index contributed by atoms with van der Waals surface area (Å²) in [5, 5.41) is 8.95.